The number of nitrogens with zero attached hydrogens (tertiary/aromatic N) is 3. The third kappa shape index (κ3) is 4.41. The minimum atomic E-state index is -0.383. The van der Waals surface area contributed by atoms with Crippen LogP contribution in [0.3, 0.4) is 0 Å². The number of furan rings is 2. The maximum absolute atomic E-state index is 6.29. The van der Waals surface area contributed by atoms with Crippen molar-refractivity contribution in [3.05, 3.63) is 175 Å². The molecule has 11 rings (SSSR count). The summed E-state index contributed by atoms with van der Waals surface area (Å²) in [5, 5.41) is 12.3. The second kappa shape index (κ2) is 11.2. The van der Waals surface area contributed by atoms with Crippen molar-refractivity contribution < 1.29 is 8.83 Å². The number of benzene rings is 7. The first-order chi connectivity index (χ1) is 25.8. The molecule has 3 aromatic heterocycles. The highest BCUT2D eigenvalue weighted by Crippen LogP contribution is 2.39. The summed E-state index contributed by atoms with van der Waals surface area (Å²) in [5.41, 5.74) is 8.19. The molecule has 244 valence electrons. The molecule has 0 saturated heterocycles. The highest BCUT2D eigenvalue weighted by atomic mass is 16.3. The van der Waals surface area contributed by atoms with Gasteiger partial charge in [-0.1, -0.05) is 115 Å². The summed E-state index contributed by atoms with van der Waals surface area (Å²) in [6, 6.07) is 52.1. The second-order valence-electron chi connectivity index (χ2n) is 13.2. The third-order valence-corrected chi connectivity index (χ3v) is 10.2. The minimum absolute atomic E-state index is 0.383. The van der Waals surface area contributed by atoms with Gasteiger partial charge >= 0.3 is 0 Å². The number of aliphatic imine (C=N–C) groups is 2. The molecule has 7 aromatic carbocycles. The monoisotopic (exact) mass is 668 g/mol. The van der Waals surface area contributed by atoms with E-state index in [-0.39, 0.29) is 6.17 Å². The number of amidine groups is 2. The van der Waals surface area contributed by atoms with Crippen LogP contribution in [0.4, 0.5) is 0 Å². The van der Waals surface area contributed by atoms with E-state index in [9.17, 15) is 0 Å². The molecular weight excluding hydrogens is 641 g/mol. The molecule has 0 bridgehead atoms. The largest absolute Gasteiger partial charge is 0.456 e. The van der Waals surface area contributed by atoms with Crippen LogP contribution in [0.15, 0.2) is 177 Å². The number of fused-ring (bicyclic) bond motifs is 8. The van der Waals surface area contributed by atoms with Gasteiger partial charge in [0.1, 0.15) is 34.3 Å². The number of para-hydroxylation sites is 2. The molecule has 1 N–H and O–H groups in total. The molecule has 0 saturated carbocycles. The van der Waals surface area contributed by atoms with E-state index in [1.54, 1.807) is 0 Å². The second-order valence-corrected chi connectivity index (χ2v) is 13.2. The molecule has 10 aromatic rings. The lowest BCUT2D eigenvalue weighted by Crippen LogP contribution is -2.33. The molecule has 0 amide bonds. The summed E-state index contributed by atoms with van der Waals surface area (Å²) < 4.78 is 12.5. The fourth-order valence-electron chi connectivity index (χ4n) is 7.80. The van der Waals surface area contributed by atoms with Gasteiger partial charge in [-0.2, -0.15) is 0 Å². The van der Waals surface area contributed by atoms with Gasteiger partial charge < -0.3 is 14.2 Å². The normalized spacial score (nSPS) is 14.7. The zero-order chi connectivity index (χ0) is 34.2. The number of hydrogen-bond acceptors (Lipinski definition) is 6. The molecule has 0 aliphatic carbocycles. The van der Waals surface area contributed by atoms with Crippen LogP contribution in [0.5, 0.6) is 0 Å². The molecule has 0 radical (unpaired) electrons. The van der Waals surface area contributed by atoms with E-state index in [4.69, 9.17) is 23.8 Å². The third-order valence-electron chi connectivity index (χ3n) is 10.2. The molecule has 1 aliphatic rings. The molecule has 0 spiro atoms. The van der Waals surface area contributed by atoms with Crippen molar-refractivity contribution in [2.75, 3.05) is 0 Å². The van der Waals surface area contributed by atoms with Crippen molar-refractivity contribution in [2.45, 2.75) is 6.17 Å². The molecule has 52 heavy (non-hydrogen) atoms. The standard InChI is InChI=1S/C46H28N4O2/c1-2-11-28-26-29(21-20-27(28)10-1)44-48-45(50-46(49-44)36-16-9-19-39-41(36)34-14-5-7-17-37(34)51-39)33-23-22-32(30-12-3-4-13-31(30)33)43-42-35-15-6-8-18-38(35)52-40(42)24-25-47-43/h1-26,44H,(H,48,49,50). The number of nitrogens with one attached hydrogen (secondary N) is 1. The van der Waals surface area contributed by atoms with Crippen LogP contribution in [0.1, 0.15) is 22.9 Å². The van der Waals surface area contributed by atoms with E-state index in [0.717, 1.165) is 93.8 Å². The van der Waals surface area contributed by atoms with Crippen molar-refractivity contribution >= 4 is 77.1 Å². The van der Waals surface area contributed by atoms with E-state index in [1.165, 1.54) is 5.39 Å². The summed E-state index contributed by atoms with van der Waals surface area (Å²) in [6.45, 7) is 0. The average molecular weight is 669 g/mol. The Morgan fingerprint density at radius 1 is 0.481 bits per heavy atom. The molecule has 4 heterocycles. The fourth-order valence-corrected chi connectivity index (χ4v) is 7.80. The highest BCUT2D eigenvalue weighted by molar-refractivity contribution is 6.24. The van der Waals surface area contributed by atoms with E-state index < -0.39 is 0 Å². The Labute approximate surface area is 297 Å². The van der Waals surface area contributed by atoms with Crippen LogP contribution in [-0.2, 0) is 0 Å². The van der Waals surface area contributed by atoms with Gasteiger partial charge in [0.05, 0.1) is 11.1 Å². The van der Waals surface area contributed by atoms with Gasteiger partial charge in [0, 0.05) is 39.0 Å². The van der Waals surface area contributed by atoms with Crippen molar-refractivity contribution in [3.63, 3.8) is 0 Å². The van der Waals surface area contributed by atoms with Crippen LogP contribution in [0, 0.1) is 0 Å². The first-order valence-electron chi connectivity index (χ1n) is 17.4. The topological polar surface area (TPSA) is 75.9 Å². The summed E-state index contributed by atoms with van der Waals surface area (Å²) in [7, 11) is 0. The lowest BCUT2D eigenvalue weighted by Gasteiger charge is -2.25. The van der Waals surface area contributed by atoms with Gasteiger partial charge in [-0.25, -0.2) is 9.98 Å². The van der Waals surface area contributed by atoms with Gasteiger partial charge in [-0.3, -0.25) is 4.98 Å². The molecule has 6 nitrogen and oxygen atoms in total. The van der Waals surface area contributed by atoms with Gasteiger partial charge in [0.25, 0.3) is 0 Å². The van der Waals surface area contributed by atoms with Crippen LogP contribution in [0.25, 0.3) is 76.7 Å². The number of rotatable bonds is 4. The SMILES string of the molecule is c1ccc2cc(C3N=C(c4cccc5oc6ccccc6c45)N=C(c4ccc(-c5nccc6oc7ccccc7c56)c5ccccc45)N3)ccc2c1. The molecule has 1 atom stereocenters. The Balaban J connectivity index is 1.13. The molecular formula is C46H28N4O2. The zero-order valence-electron chi connectivity index (χ0n) is 27.7. The first kappa shape index (κ1) is 28.8. The van der Waals surface area contributed by atoms with E-state index in [1.807, 2.05) is 60.8 Å². The van der Waals surface area contributed by atoms with Crippen LogP contribution < -0.4 is 5.32 Å². The van der Waals surface area contributed by atoms with Gasteiger partial charge in [0.15, 0.2) is 5.84 Å². The highest BCUT2D eigenvalue weighted by Gasteiger charge is 2.25. The molecule has 1 unspecified atom stereocenters. The minimum Gasteiger partial charge on any atom is -0.456 e. The summed E-state index contributed by atoms with van der Waals surface area (Å²) in [4.78, 5) is 15.5. The zero-order valence-corrected chi connectivity index (χ0v) is 27.7. The van der Waals surface area contributed by atoms with Crippen LogP contribution >= 0.6 is 0 Å². The first-order valence-corrected chi connectivity index (χ1v) is 17.4. The predicted molar refractivity (Wildman–Crippen MR) is 211 cm³/mol. The van der Waals surface area contributed by atoms with Gasteiger partial charge in [-0.05, 0) is 63.5 Å². The van der Waals surface area contributed by atoms with E-state index in [2.05, 4.69) is 102 Å². The van der Waals surface area contributed by atoms with E-state index >= 15 is 0 Å². The predicted octanol–water partition coefficient (Wildman–Crippen LogP) is 11.3. The quantitative estimate of drug-likeness (QED) is 0.202. The Kier molecular flexibility index (Phi) is 6.21. The van der Waals surface area contributed by atoms with Gasteiger partial charge in [-0.15, -0.1) is 0 Å². The maximum atomic E-state index is 6.29. The maximum Gasteiger partial charge on any atom is 0.160 e. The smallest absolute Gasteiger partial charge is 0.160 e. The average Bonchev–Trinajstić information content (AvgIpc) is 3.79. The summed E-state index contributed by atoms with van der Waals surface area (Å²) in [5.74, 6) is 1.39. The molecule has 1 aliphatic heterocycles. The Bertz CT molecular complexity index is 3130. The van der Waals surface area contributed by atoms with Crippen molar-refractivity contribution in [1.82, 2.24) is 10.3 Å². The Hall–Kier alpha value is -7.05. The van der Waals surface area contributed by atoms with Crippen molar-refractivity contribution in [2.24, 2.45) is 9.98 Å². The molecule has 6 heteroatoms. The van der Waals surface area contributed by atoms with Crippen molar-refractivity contribution in [3.8, 4) is 11.3 Å². The lowest BCUT2D eigenvalue weighted by molar-refractivity contribution is 0.668. The Morgan fingerprint density at radius 2 is 1.12 bits per heavy atom. The number of aromatic nitrogens is 1. The Morgan fingerprint density at radius 3 is 1.92 bits per heavy atom. The van der Waals surface area contributed by atoms with Crippen molar-refractivity contribution in [1.29, 1.82) is 0 Å². The summed E-state index contributed by atoms with van der Waals surface area (Å²) in [6.07, 6.45) is 1.44. The van der Waals surface area contributed by atoms with E-state index in [0.29, 0.717) is 5.84 Å². The lowest BCUT2D eigenvalue weighted by atomic mass is 9.94. The van der Waals surface area contributed by atoms with Crippen LogP contribution in [-0.4, -0.2) is 16.7 Å². The number of pyridine rings is 1. The van der Waals surface area contributed by atoms with Crippen LogP contribution in [0.2, 0.25) is 0 Å². The molecule has 0 fully saturated rings. The van der Waals surface area contributed by atoms with Gasteiger partial charge in [0.2, 0.25) is 0 Å². The fraction of sp³-hybridized carbons (Fsp3) is 0.0217. The summed E-state index contributed by atoms with van der Waals surface area (Å²) >= 11 is 0. The number of hydrogen-bond donors (Lipinski definition) is 1.